The highest BCUT2D eigenvalue weighted by molar-refractivity contribution is 7.79. The van der Waals surface area contributed by atoms with Gasteiger partial charge in [-0.2, -0.15) is 0 Å². The van der Waals surface area contributed by atoms with E-state index >= 15 is 0 Å². The van der Waals surface area contributed by atoms with Gasteiger partial charge in [0.15, 0.2) is 0 Å². The Morgan fingerprint density at radius 1 is 0.308 bits per heavy atom. The predicted molar refractivity (Wildman–Crippen MR) is 221 cm³/mol. The van der Waals surface area contributed by atoms with Crippen LogP contribution in [0.2, 0.25) is 0 Å². The Balaban J connectivity index is 1.10. The van der Waals surface area contributed by atoms with Gasteiger partial charge in [-0.1, -0.05) is 121 Å². The van der Waals surface area contributed by atoms with Gasteiger partial charge in [-0.25, -0.2) is 0 Å². The zero-order valence-corrected chi connectivity index (χ0v) is 29.0. The van der Waals surface area contributed by atoms with Crippen molar-refractivity contribution < 1.29 is 4.42 Å². The van der Waals surface area contributed by atoms with Gasteiger partial charge in [-0.3, -0.25) is 0 Å². The molecule has 11 rings (SSSR count). The van der Waals surface area contributed by atoms with E-state index in [2.05, 4.69) is 197 Å². The first-order valence-corrected chi connectivity index (χ1v) is 19.0. The van der Waals surface area contributed by atoms with Gasteiger partial charge in [0.1, 0.15) is 11.2 Å². The third kappa shape index (κ3) is 4.43. The molecule has 0 N–H and O–H groups in total. The summed E-state index contributed by atoms with van der Waals surface area (Å²) in [6, 6.07) is 68.3. The molecule has 0 aliphatic carbocycles. The summed E-state index contributed by atoms with van der Waals surface area (Å²) in [5, 5.41) is 11.3. The molecule has 0 aliphatic heterocycles. The second kappa shape index (κ2) is 11.6. The van der Waals surface area contributed by atoms with Gasteiger partial charge in [0, 0.05) is 43.7 Å². The molecule has 244 valence electrons. The van der Waals surface area contributed by atoms with Crippen LogP contribution in [0.3, 0.4) is 0 Å². The minimum Gasteiger partial charge on any atom is -0.456 e. The summed E-state index contributed by atoms with van der Waals surface area (Å²) in [5.74, 6) is 0. The highest BCUT2D eigenvalue weighted by Gasteiger charge is 2.20. The number of nitrogens with zero attached hydrogens (tertiary/aromatic N) is 2. The second-order valence-electron chi connectivity index (χ2n) is 13.4. The lowest BCUT2D eigenvalue weighted by Crippen LogP contribution is -2.20. The lowest BCUT2D eigenvalue weighted by Gasteiger charge is -2.19. The Hall–Kier alpha value is -6.41. The van der Waals surface area contributed by atoms with Crippen molar-refractivity contribution in [1.29, 1.82) is 0 Å². The van der Waals surface area contributed by atoms with Crippen LogP contribution in [0.15, 0.2) is 192 Å². The fourth-order valence-electron chi connectivity index (χ4n) is 8.21. The van der Waals surface area contributed by atoms with E-state index in [1.807, 2.05) is 0 Å². The fraction of sp³-hybridized carbons (Fsp3) is 0. The molecule has 8 aromatic carbocycles. The van der Waals surface area contributed by atoms with Gasteiger partial charge in [0.05, 0.1) is 22.1 Å². The van der Waals surface area contributed by atoms with Gasteiger partial charge in [0.25, 0.3) is 0 Å². The number of aromatic nitrogens is 2. The van der Waals surface area contributed by atoms with E-state index in [9.17, 15) is 0 Å². The third-order valence-corrected chi connectivity index (χ3v) is 12.9. The summed E-state index contributed by atoms with van der Waals surface area (Å²) in [4.78, 5) is 0. The van der Waals surface area contributed by atoms with Crippen LogP contribution in [-0.2, 0) is 0 Å². The monoisotopic (exact) mass is 682 g/mol. The molecule has 0 bridgehead atoms. The summed E-state index contributed by atoms with van der Waals surface area (Å²) in [7, 11) is -0.722. The first-order valence-electron chi connectivity index (χ1n) is 17.7. The van der Waals surface area contributed by atoms with E-state index in [4.69, 9.17) is 4.42 Å². The molecule has 4 heteroatoms. The SMILES string of the molecule is c1ccc(P(c2ccccc2)c2ccc3c(c2)c2ccccc2n3-c2ccc3oc4ccc(-n5c6ccccc6c6ccccc65)cc4c3c2)cc1. The van der Waals surface area contributed by atoms with Crippen molar-refractivity contribution in [3.63, 3.8) is 0 Å². The zero-order valence-electron chi connectivity index (χ0n) is 28.1. The topological polar surface area (TPSA) is 23.0 Å². The fourth-order valence-corrected chi connectivity index (χ4v) is 10.5. The summed E-state index contributed by atoms with van der Waals surface area (Å²) in [6.07, 6.45) is 0. The van der Waals surface area contributed by atoms with E-state index in [0.717, 1.165) is 33.3 Å². The summed E-state index contributed by atoms with van der Waals surface area (Å²) in [6.45, 7) is 0. The molecule has 0 atom stereocenters. The number of hydrogen-bond acceptors (Lipinski definition) is 1. The highest BCUT2D eigenvalue weighted by atomic mass is 31.1. The number of rotatable bonds is 5. The van der Waals surface area contributed by atoms with Gasteiger partial charge in [0.2, 0.25) is 0 Å². The number of fused-ring (bicyclic) bond motifs is 9. The van der Waals surface area contributed by atoms with E-state index < -0.39 is 7.92 Å². The smallest absolute Gasteiger partial charge is 0.135 e. The van der Waals surface area contributed by atoms with Gasteiger partial charge in [-0.15, -0.1) is 0 Å². The lowest BCUT2D eigenvalue weighted by atomic mass is 10.1. The van der Waals surface area contributed by atoms with Crippen molar-refractivity contribution in [1.82, 2.24) is 9.13 Å². The molecule has 0 saturated heterocycles. The highest BCUT2D eigenvalue weighted by Crippen LogP contribution is 2.40. The molecular weight excluding hydrogens is 652 g/mol. The van der Waals surface area contributed by atoms with Crippen molar-refractivity contribution in [3.8, 4) is 11.4 Å². The Bertz CT molecular complexity index is 3040. The Labute approximate surface area is 301 Å². The molecule has 52 heavy (non-hydrogen) atoms. The Kier molecular flexibility index (Phi) is 6.52. The van der Waals surface area contributed by atoms with Gasteiger partial charge >= 0.3 is 0 Å². The molecule has 0 unspecified atom stereocenters. The molecule has 0 aliphatic rings. The van der Waals surface area contributed by atoms with Crippen LogP contribution in [0.5, 0.6) is 0 Å². The minimum absolute atomic E-state index is 0.722. The number of hydrogen-bond donors (Lipinski definition) is 0. The molecule has 3 heterocycles. The quantitative estimate of drug-likeness (QED) is 0.166. The largest absolute Gasteiger partial charge is 0.456 e. The number of para-hydroxylation sites is 3. The number of furan rings is 1. The molecule has 0 spiro atoms. The van der Waals surface area contributed by atoms with Crippen LogP contribution in [0.4, 0.5) is 0 Å². The van der Waals surface area contributed by atoms with E-state index in [1.165, 1.54) is 59.5 Å². The minimum atomic E-state index is -0.722. The second-order valence-corrected chi connectivity index (χ2v) is 15.6. The Morgan fingerprint density at radius 3 is 1.23 bits per heavy atom. The van der Waals surface area contributed by atoms with Crippen molar-refractivity contribution in [2.45, 2.75) is 0 Å². The maximum absolute atomic E-state index is 6.46. The molecule has 0 saturated carbocycles. The average Bonchev–Trinajstić information content (AvgIpc) is 3.86. The average molecular weight is 683 g/mol. The van der Waals surface area contributed by atoms with Gasteiger partial charge < -0.3 is 13.6 Å². The summed E-state index contributed by atoms with van der Waals surface area (Å²) < 4.78 is 11.2. The summed E-state index contributed by atoms with van der Waals surface area (Å²) >= 11 is 0. The number of benzene rings is 8. The van der Waals surface area contributed by atoms with Crippen molar-refractivity contribution in [2.24, 2.45) is 0 Å². The van der Waals surface area contributed by atoms with Gasteiger partial charge in [-0.05, 0) is 90.6 Å². The normalized spacial score (nSPS) is 12.0. The van der Waals surface area contributed by atoms with Crippen molar-refractivity contribution in [3.05, 3.63) is 188 Å². The third-order valence-electron chi connectivity index (χ3n) is 10.5. The van der Waals surface area contributed by atoms with Crippen molar-refractivity contribution in [2.75, 3.05) is 0 Å². The molecule has 0 amide bonds. The molecule has 0 fully saturated rings. The molecule has 3 aromatic heterocycles. The van der Waals surface area contributed by atoms with Crippen LogP contribution in [-0.4, -0.2) is 9.13 Å². The maximum atomic E-state index is 6.46. The van der Waals surface area contributed by atoms with E-state index in [-0.39, 0.29) is 0 Å². The first kappa shape index (κ1) is 29.3. The standard InChI is InChI=1S/C48H31N2OP/c1-3-13-34(14-4-1)52(35-15-5-2-6-16-35)36-25-26-46-40(31-36)39-19-9-12-22-45(39)50(46)33-24-28-48-42(30-33)41-29-32(23-27-47(41)51-48)49-43-20-10-7-17-37(43)38-18-8-11-21-44(38)49/h1-31H. The Morgan fingerprint density at radius 2 is 0.731 bits per heavy atom. The van der Waals surface area contributed by atoms with E-state index in [0.29, 0.717) is 0 Å². The van der Waals surface area contributed by atoms with Crippen LogP contribution >= 0.6 is 7.92 Å². The zero-order chi connectivity index (χ0) is 34.2. The molecule has 3 nitrogen and oxygen atoms in total. The molecule has 0 radical (unpaired) electrons. The molecular formula is C48H31N2OP. The van der Waals surface area contributed by atoms with E-state index in [1.54, 1.807) is 0 Å². The first-order chi connectivity index (χ1) is 25.8. The predicted octanol–water partition coefficient (Wildman–Crippen LogP) is 11.5. The van der Waals surface area contributed by atoms with Crippen LogP contribution < -0.4 is 15.9 Å². The van der Waals surface area contributed by atoms with Crippen LogP contribution in [0.25, 0.3) is 76.9 Å². The van der Waals surface area contributed by atoms with Crippen LogP contribution in [0.1, 0.15) is 0 Å². The maximum Gasteiger partial charge on any atom is 0.135 e. The lowest BCUT2D eigenvalue weighted by molar-refractivity contribution is 0.669. The van der Waals surface area contributed by atoms with Crippen molar-refractivity contribution >= 4 is 89.4 Å². The summed E-state index contributed by atoms with van der Waals surface area (Å²) in [5.41, 5.74) is 8.79. The molecule has 11 aromatic rings. The van der Waals surface area contributed by atoms with Crippen LogP contribution in [0, 0.1) is 0 Å².